The van der Waals surface area contributed by atoms with Crippen molar-refractivity contribution in [1.82, 2.24) is 0 Å². The summed E-state index contributed by atoms with van der Waals surface area (Å²) < 4.78 is 0. The lowest BCUT2D eigenvalue weighted by atomic mass is 9.87. The van der Waals surface area contributed by atoms with Gasteiger partial charge >= 0.3 is 0 Å². The molecule has 1 fully saturated rings. The molecule has 2 nitrogen and oxygen atoms in total. The molecule has 3 heteroatoms. The first kappa shape index (κ1) is 18.9. The lowest BCUT2D eigenvalue weighted by molar-refractivity contribution is -0.123. The molecule has 1 aliphatic carbocycles. The third-order valence-corrected chi connectivity index (χ3v) is 6.36. The molecule has 1 atom stereocenters. The van der Waals surface area contributed by atoms with Gasteiger partial charge in [-0.25, -0.2) is 0 Å². The van der Waals surface area contributed by atoms with Gasteiger partial charge in [-0.2, -0.15) is 0 Å². The number of aryl methyl sites for hydroxylation is 1. The van der Waals surface area contributed by atoms with Gasteiger partial charge in [0, 0.05) is 23.0 Å². The molecule has 0 bridgehead atoms. The molecule has 25 heavy (non-hydrogen) atoms. The van der Waals surface area contributed by atoms with Crippen LogP contribution in [0, 0.1) is 11.8 Å². The Hall–Kier alpha value is -0.830. The molecule has 1 heterocycles. The van der Waals surface area contributed by atoms with Crippen molar-refractivity contribution in [2.24, 2.45) is 11.8 Å². The molecule has 1 amide bonds. The zero-order valence-electron chi connectivity index (χ0n) is 15.8. The van der Waals surface area contributed by atoms with Crippen LogP contribution in [0.15, 0.2) is 18.2 Å². The van der Waals surface area contributed by atoms with E-state index < -0.39 is 0 Å². The van der Waals surface area contributed by atoms with Crippen LogP contribution >= 0.6 is 15.9 Å². The van der Waals surface area contributed by atoms with Crippen LogP contribution in [0.2, 0.25) is 0 Å². The van der Waals surface area contributed by atoms with Crippen LogP contribution in [0.4, 0.5) is 5.69 Å². The predicted molar refractivity (Wildman–Crippen MR) is 110 cm³/mol. The Balaban J connectivity index is 1.72. The highest BCUT2D eigenvalue weighted by Gasteiger charge is 2.29. The average molecular weight is 406 g/mol. The van der Waals surface area contributed by atoms with E-state index in [9.17, 15) is 4.79 Å². The number of carbonyl (C=O) groups is 1. The fourth-order valence-electron chi connectivity index (χ4n) is 4.43. The molecule has 1 aromatic rings. The largest absolute Gasteiger partial charge is 0.312 e. The molecule has 138 valence electrons. The molecule has 2 aliphatic rings. The Morgan fingerprint density at radius 3 is 2.68 bits per heavy atom. The molecule has 0 N–H and O–H groups in total. The second-order valence-electron chi connectivity index (χ2n) is 8.32. The van der Waals surface area contributed by atoms with Gasteiger partial charge in [0.25, 0.3) is 0 Å². The quantitative estimate of drug-likeness (QED) is 0.558. The Bertz CT molecular complexity index is 592. The third-order valence-electron chi connectivity index (χ3n) is 5.67. The molecule has 0 saturated heterocycles. The van der Waals surface area contributed by atoms with Gasteiger partial charge in [-0.05, 0) is 61.6 Å². The standard InChI is InChI=1S/C22H32BrNO/c1-16(2)13-20(23)15-17-10-11-21-19(14-17)9-6-12-24(21)22(25)18-7-4-3-5-8-18/h10-11,14,16,18,20H,3-9,12-13,15H2,1-2H3. The van der Waals surface area contributed by atoms with Crippen molar-refractivity contribution in [3.63, 3.8) is 0 Å². The van der Waals surface area contributed by atoms with E-state index in [0.717, 1.165) is 38.6 Å². The molecule has 0 spiro atoms. The van der Waals surface area contributed by atoms with Gasteiger partial charge in [-0.1, -0.05) is 61.2 Å². The lowest BCUT2D eigenvalue weighted by Crippen LogP contribution is -2.40. The zero-order chi connectivity index (χ0) is 17.8. The van der Waals surface area contributed by atoms with Crippen molar-refractivity contribution in [2.75, 3.05) is 11.4 Å². The van der Waals surface area contributed by atoms with Crippen LogP contribution in [-0.2, 0) is 17.6 Å². The Kier molecular flexibility index (Phi) is 6.60. The number of fused-ring (bicyclic) bond motifs is 1. The van der Waals surface area contributed by atoms with Gasteiger partial charge in [0.2, 0.25) is 5.91 Å². The second-order valence-corrected chi connectivity index (χ2v) is 9.62. The van der Waals surface area contributed by atoms with E-state index in [1.165, 1.54) is 42.5 Å². The number of amides is 1. The van der Waals surface area contributed by atoms with Crippen LogP contribution in [-0.4, -0.2) is 17.3 Å². The Labute approximate surface area is 161 Å². The van der Waals surface area contributed by atoms with E-state index in [1.807, 2.05) is 0 Å². The number of rotatable bonds is 5. The SMILES string of the molecule is CC(C)CC(Br)Cc1ccc2c(c1)CCCN2C(=O)C1CCCCC1. The molecule has 1 saturated carbocycles. The maximum Gasteiger partial charge on any atom is 0.230 e. The second kappa shape index (κ2) is 8.70. The highest BCUT2D eigenvalue weighted by atomic mass is 79.9. The molecule has 3 rings (SSSR count). The fraction of sp³-hybridized carbons (Fsp3) is 0.682. The Morgan fingerprint density at radius 2 is 1.96 bits per heavy atom. The van der Waals surface area contributed by atoms with Crippen molar-refractivity contribution in [2.45, 2.75) is 76.5 Å². The summed E-state index contributed by atoms with van der Waals surface area (Å²) in [4.78, 5) is 15.7. The number of anilines is 1. The van der Waals surface area contributed by atoms with Gasteiger partial charge in [0.15, 0.2) is 0 Å². The van der Waals surface area contributed by atoms with Crippen LogP contribution in [0.25, 0.3) is 0 Å². The normalized spacial score (nSPS) is 19.8. The molecule has 1 aliphatic heterocycles. The molecular formula is C22H32BrNO. The number of hydrogen-bond donors (Lipinski definition) is 0. The summed E-state index contributed by atoms with van der Waals surface area (Å²) >= 11 is 3.83. The predicted octanol–water partition coefficient (Wildman–Crippen LogP) is 5.90. The molecule has 0 radical (unpaired) electrons. The van der Waals surface area contributed by atoms with Crippen LogP contribution in [0.1, 0.15) is 69.9 Å². The van der Waals surface area contributed by atoms with Crippen molar-refractivity contribution in [3.05, 3.63) is 29.3 Å². The summed E-state index contributed by atoms with van der Waals surface area (Å²) in [6, 6.07) is 6.80. The van der Waals surface area contributed by atoms with Crippen LogP contribution < -0.4 is 4.90 Å². The van der Waals surface area contributed by atoms with E-state index >= 15 is 0 Å². The summed E-state index contributed by atoms with van der Waals surface area (Å²) in [7, 11) is 0. The van der Waals surface area contributed by atoms with E-state index in [4.69, 9.17) is 0 Å². The maximum atomic E-state index is 13.0. The maximum absolute atomic E-state index is 13.0. The van der Waals surface area contributed by atoms with E-state index in [0.29, 0.717) is 16.7 Å². The molecule has 0 aromatic heterocycles. The van der Waals surface area contributed by atoms with Gasteiger partial charge in [0.1, 0.15) is 0 Å². The smallest absolute Gasteiger partial charge is 0.230 e. The van der Waals surface area contributed by atoms with E-state index in [-0.39, 0.29) is 5.92 Å². The van der Waals surface area contributed by atoms with E-state index in [1.54, 1.807) is 0 Å². The van der Waals surface area contributed by atoms with Gasteiger partial charge in [-0.15, -0.1) is 0 Å². The van der Waals surface area contributed by atoms with E-state index in [2.05, 4.69) is 52.9 Å². The number of carbonyl (C=O) groups excluding carboxylic acids is 1. The minimum Gasteiger partial charge on any atom is -0.312 e. The molecular weight excluding hydrogens is 374 g/mol. The van der Waals surface area contributed by atoms with Crippen LogP contribution in [0.5, 0.6) is 0 Å². The number of benzene rings is 1. The summed E-state index contributed by atoms with van der Waals surface area (Å²) in [5.74, 6) is 1.36. The van der Waals surface area contributed by atoms with Crippen molar-refractivity contribution < 1.29 is 4.79 Å². The van der Waals surface area contributed by atoms with Crippen LogP contribution in [0.3, 0.4) is 0 Å². The number of halogens is 1. The van der Waals surface area contributed by atoms with Gasteiger partial charge < -0.3 is 4.90 Å². The Morgan fingerprint density at radius 1 is 1.20 bits per heavy atom. The number of nitrogens with zero attached hydrogens (tertiary/aromatic N) is 1. The average Bonchev–Trinajstić information content (AvgIpc) is 2.60. The lowest BCUT2D eigenvalue weighted by Gasteiger charge is -2.34. The number of alkyl halides is 1. The van der Waals surface area contributed by atoms with Gasteiger partial charge in [0.05, 0.1) is 0 Å². The summed E-state index contributed by atoms with van der Waals surface area (Å²) in [5.41, 5.74) is 3.95. The summed E-state index contributed by atoms with van der Waals surface area (Å²) in [6.45, 7) is 5.45. The van der Waals surface area contributed by atoms with Gasteiger partial charge in [-0.3, -0.25) is 4.79 Å². The topological polar surface area (TPSA) is 20.3 Å². The zero-order valence-corrected chi connectivity index (χ0v) is 17.4. The first-order valence-electron chi connectivity index (χ1n) is 10.1. The van der Waals surface area contributed by atoms with Crippen molar-refractivity contribution in [1.29, 1.82) is 0 Å². The first-order chi connectivity index (χ1) is 12.0. The monoisotopic (exact) mass is 405 g/mol. The van der Waals surface area contributed by atoms with Crippen molar-refractivity contribution in [3.8, 4) is 0 Å². The molecule has 1 unspecified atom stereocenters. The summed E-state index contributed by atoms with van der Waals surface area (Å²) in [5, 5.41) is 0. The minimum atomic E-state index is 0.261. The van der Waals surface area contributed by atoms with Crippen molar-refractivity contribution >= 4 is 27.5 Å². The first-order valence-corrected chi connectivity index (χ1v) is 11.0. The highest BCUT2D eigenvalue weighted by Crippen LogP contribution is 2.33. The summed E-state index contributed by atoms with van der Waals surface area (Å²) in [6.07, 6.45) is 10.4. The minimum absolute atomic E-state index is 0.261. The fourth-order valence-corrected chi connectivity index (χ4v) is 5.55. The number of hydrogen-bond acceptors (Lipinski definition) is 1. The molecule has 1 aromatic carbocycles. The highest BCUT2D eigenvalue weighted by molar-refractivity contribution is 9.09. The third kappa shape index (κ3) is 4.87.